The Balaban J connectivity index is 1.70. The molecule has 0 bridgehead atoms. The molecule has 5 heteroatoms. The predicted octanol–water partition coefficient (Wildman–Crippen LogP) is 3.21. The van der Waals surface area contributed by atoms with Crippen LogP contribution in [0.2, 0.25) is 0 Å². The molecule has 2 N–H and O–H groups in total. The predicted molar refractivity (Wildman–Crippen MR) is 92.2 cm³/mol. The van der Waals surface area contributed by atoms with Gasteiger partial charge in [-0.3, -0.25) is 9.59 Å². The van der Waals surface area contributed by atoms with Crippen LogP contribution in [0, 0.1) is 12.7 Å². The third-order valence-corrected chi connectivity index (χ3v) is 3.67. The van der Waals surface area contributed by atoms with Crippen molar-refractivity contribution in [3.63, 3.8) is 0 Å². The molecule has 0 saturated carbocycles. The summed E-state index contributed by atoms with van der Waals surface area (Å²) in [5.41, 5.74) is 2.25. The van der Waals surface area contributed by atoms with Crippen molar-refractivity contribution in [2.24, 2.45) is 0 Å². The highest BCUT2D eigenvalue weighted by Gasteiger charge is 2.14. The number of aryl methyl sites for hydroxylation is 2. The van der Waals surface area contributed by atoms with E-state index in [0.717, 1.165) is 19.3 Å². The molecule has 0 saturated heterocycles. The first-order valence-electron chi connectivity index (χ1n) is 7.95. The van der Waals surface area contributed by atoms with Gasteiger partial charge in [-0.2, -0.15) is 0 Å². The van der Waals surface area contributed by atoms with Crippen molar-refractivity contribution in [3.05, 3.63) is 65.5 Å². The number of carbonyl (C=O) groups is 2. The van der Waals surface area contributed by atoms with Gasteiger partial charge in [-0.25, -0.2) is 4.39 Å². The van der Waals surface area contributed by atoms with Gasteiger partial charge in [-0.15, -0.1) is 0 Å². The molecule has 0 heterocycles. The molecular weight excluding hydrogens is 307 g/mol. The van der Waals surface area contributed by atoms with Gasteiger partial charge in [-0.05, 0) is 49.4 Å². The molecule has 2 amide bonds. The monoisotopic (exact) mass is 328 g/mol. The summed E-state index contributed by atoms with van der Waals surface area (Å²) in [4.78, 5) is 23.6. The molecule has 2 rings (SSSR count). The molecule has 4 nitrogen and oxygen atoms in total. The van der Waals surface area contributed by atoms with Gasteiger partial charge in [0.15, 0.2) is 0 Å². The van der Waals surface area contributed by atoms with Crippen molar-refractivity contribution in [1.29, 1.82) is 0 Å². The zero-order valence-electron chi connectivity index (χ0n) is 13.6. The first-order valence-corrected chi connectivity index (χ1v) is 7.95. The number of amides is 2. The van der Waals surface area contributed by atoms with Crippen molar-refractivity contribution in [3.8, 4) is 0 Å². The van der Waals surface area contributed by atoms with Crippen LogP contribution in [0.15, 0.2) is 48.5 Å². The fourth-order valence-corrected chi connectivity index (χ4v) is 2.29. The van der Waals surface area contributed by atoms with E-state index in [1.54, 1.807) is 13.0 Å². The number of rotatable bonds is 6. The number of halogens is 1. The maximum absolute atomic E-state index is 13.2. The average Bonchev–Trinajstić information content (AvgIpc) is 2.58. The minimum Gasteiger partial charge on any atom is -0.348 e. The van der Waals surface area contributed by atoms with Gasteiger partial charge in [0.25, 0.3) is 0 Å². The Morgan fingerprint density at radius 1 is 1.00 bits per heavy atom. The van der Waals surface area contributed by atoms with Crippen molar-refractivity contribution in [2.45, 2.75) is 26.2 Å². The van der Waals surface area contributed by atoms with E-state index < -0.39 is 17.6 Å². The summed E-state index contributed by atoms with van der Waals surface area (Å²) in [6.45, 7) is 2.16. The first-order chi connectivity index (χ1) is 11.6. The molecule has 0 radical (unpaired) electrons. The molecule has 0 aromatic heterocycles. The Morgan fingerprint density at radius 2 is 1.75 bits per heavy atom. The molecule has 0 aliphatic carbocycles. The molecule has 2 aromatic carbocycles. The standard InChI is InChI=1S/C19H21FN2O2/c1-14-10-11-16(20)13-17(14)22-19(24)18(23)21-12-6-5-9-15-7-3-2-4-8-15/h2-4,7-8,10-11,13H,5-6,9,12H2,1H3,(H,21,23)(H,22,24). The lowest BCUT2D eigenvalue weighted by atomic mass is 10.1. The molecule has 0 unspecified atom stereocenters. The lowest BCUT2D eigenvalue weighted by Gasteiger charge is -2.09. The highest BCUT2D eigenvalue weighted by molar-refractivity contribution is 6.39. The summed E-state index contributed by atoms with van der Waals surface area (Å²) >= 11 is 0. The molecule has 0 aliphatic rings. The third kappa shape index (κ3) is 5.50. The second kappa shape index (κ2) is 8.82. The fourth-order valence-electron chi connectivity index (χ4n) is 2.29. The lowest BCUT2D eigenvalue weighted by Crippen LogP contribution is -2.36. The van der Waals surface area contributed by atoms with Crippen LogP contribution in [0.1, 0.15) is 24.0 Å². The normalized spacial score (nSPS) is 10.2. The number of unbranched alkanes of at least 4 members (excludes halogenated alkanes) is 1. The van der Waals surface area contributed by atoms with Gasteiger partial charge >= 0.3 is 11.8 Å². The second-order valence-electron chi connectivity index (χ2n) is 5.61. The number of anilines is 1. The van der Waals surface area contributed by atoms with Crippen LogP contribution in [0.5, 0.6) is 0 Å². The fraction of sp³-hybridized carbons (Fsp3) is 0.263. The highest BCUT2D eigenvalue weighted by atomic mass is 19.1. The zero-order valence-corrected chi connectivity index (χ0v) is 13.6. The van der Waals surface area contributed by atoms with E-state index in [-0.39, 0.29) is 0 Å². The number of hydrogen-bond donors (Lipinski definition) is 2. The van der Waals surface area contributed by atoms with Crippen molar-refractivity contribution < 1.29 is 14.0 Å². The van der Waals surface area contributed by atoms with Crippen molar-refractivity contribution >= 4 is 17.5 Å². The summed E-state index contributed by atoms with van der Waals surface area (Å²) in [5, 5.41) is 5.00. The summed E-state index contributed by atoms with van der Waals surface area (Å²) in [6, 6.07) is 14.1. The Bertz CT molecular complexity index is 702. The van der Waals surface area contributed by atoms with E-state index >= 15 is 0 Å². The van der Waals surface area contributed by atoms with Crippen LogP contribution < -0.4 is 10.6 Å². The van der Waals surface area contributed by atoms with E-state index in [9.17, 15) is 14.0 Å². The maximum atomic E-state index is 13.2. The second-order valence-corrected chi connectivity index (χ2v) is 5.61. The lowest BCUT2D eigenvalue weighted by molar-refractivity contribution is -0.136. The number of benzene rings is 2. The van der Waals surface area contributed by atoms with Gasteiger partial charge in [0.1, 0.15) is 5.82 Å². The number of nitrogens with one attached hydrogen (secondary N) is 2. The SMILES string of the molecule is Cc1ccc(F)cc1NC(=O)C(=O)NCCCCc1ccccc1. The summed E-state index contributed by atoms with van der Waals surface area (Å²) in [6.07, 6.45) is 2.65. The van der Waals surface area contributed by atoms with E-state index in [2.05, 4.69) is 22.8 Å². The van der Waals surface area contributed by atoms with Crippen LogP contribution in [-0.4, -0.2) is 18.4 Å². The molecular formula is C19H21FN2O2. The Hall–Kier alpha value is -2.69. The Kier molecular flexibility index (Phi) is 6.49. The third-order valence-electron chi connectivity index (χ3n) is 3.67. The maximum Gasteiger partial charge on any atom is 0.313 e. The highest BCUT2D eigenvalue weighted by Crippen LogP contribution is 2.15. The van der Waals surface area contributed by atoms with Crippen molar-refractivity contribution in [1.82, 2.24) is 5.32 Å². The molecule has 0 fully saturated rings. The Labute approximate surface area is 141 Å². The van der Waals surface area contributed by atoms with Gasteiger partial charge in [0.2, 0.25) is 0 Å². The quantitative estimate of drug-likeness (QED) is 0.632. The summed E-state index contributed by atoms with van der Waals surface area (Å²) in [7, 11) is 0. The van der Waals surface area contributed by atoms with Crippen LogP contribution in [0.3, 0.4) is 0 Å². The van der Waals surface area contributed by atoms with Crippen LogP contribution >= 0.6 is 0 Å². The van der Waals surface area contributed by atoms with Crippen LogP contribution in [0.4, 0.5) is 10.1 Å². The topological polar surface area (TPSA) is 58.2 Å². The first kappa shape index (κ1) is 17.7. The van der Waals surface area contributed by atoms with Crippen LogP contribution in [0.25, 0.3) is 0 Å². The Morgan fingerprint density at radius 3 is 2.50 bits per heavy atom. The van der Waals surface area contributed by atoms with E-state index in [1.165, 1.54) is 17.7 Å². The van der Waals surface area contributed by atoms with E-state index in [4.69, 9.17) is 0 Å². The van der Waals surface area contributed by atoms with E-state index in [0.29, 0.717) is 17.8 Å². The number of hydrogen-bond acceptors (Lipinski definition) is 2. The minimum absolute atomic E-state index is 0.305. The van der Waals surface area contributed by atoms with Gasteiger partial charge in [0.05, 0.1) is 0 Å². The molecule has 2 aromatic rings. The summed E-state index contributed by atoms with van der Waals surface area (Å²) < 4.78 is 13.2. The molecule has 0 atom stereocenters. The molecule has 0 spiro atoms. The largest absolute Gasteiger partial charge is 0.348 e. The smallest absolute Gasteiger partial charge is 0.313 e. The minimum atomic E-state index is -0.785. The molecule has 0 aliphatic heterocycles. The summed E-state index contributed by atoms with van der Waals surface area (Å²) in [5.74, 6) is -1.96. The molecule has 24 heavy (non-hydrogen) atoms. The van der Waals surface area contributed by atoms with Crippen LogP contribution in [-0.2, 0) is 16.0 Å². The average molecular weight is 328 g/mol. The number of carbonyl (C=O) groups excluding carboxylic acids is 2. The molecule has 126 valence electrons. The van der Waals surface area contributed by atoms with Gasteiger partial charge < -0.3 is 10.6 Å². The van der Waals surface area contributed by atoms with Gasteiger partial charge in [0, 0.05) is 12.2 Å². The van der Waals surface area contributed by atoms with Crippen molar-refractivity contribution in [2.75, 3.05) is 11.9 Å². The van der Waals surface area contributed by atoms with E-state index in [1.807, 2.05) is 18.2 Å². The van der Waals surface area contributed by atoms with Gasteiger partial charge in [-0.1, -0.05) is 36.4 Å². The zero-order chi connectivity index (χ0) is 17.4.